The first-order valence-corrected chi connectivity index (χ1v) is 7.08. The molecule has 0 bridgehead atoms. The average molecular weight is 339 g/mol. The molecule has 1 aromatic carbocycles. The van der Waals surface area contributed by atoms with Gasteiger partial charge in [0, 0.05) is 31.4 Å². The zero-order valence-electron chi connectivity index (χ0n) is 10.8. The molecule has 1 aromatic heterocycles. The van der Waals surface area contributed by atoms with Gasteiger partial charge in [-0.15, -0.1) is 0 Å². The number of halogens is 1. The van der Waals surface area contributed by atoms with E-state index in [1.807, 2.05) is 12.3 Å². The number of rotatable bonds is 7. The van der Waals surface area contributed by atoms with Gasteiger partial charge in [-0.25, -0.2) is 4.98 Å². The van der Waals surface area contributed by atoms with Crippen LogP contribution in [0.3, 0.4) is 0 Å². The minimum absolute atomic E-state index is 0.0971. The van der Waals surface area contributed by atoms with Gasteiger partial charge in [-0.3, -0.25) is 10.1 Å². The van der Waals surface area contributed by atoms with Crippen molar-refractivity contribution >= 4 is 21.6 Å². The van der Waals surface area contributed by atoms with Gasteiger partial charge >= 0.3 is 0 Å². The molecule has 0 spiro atoms. The van der Waals surface area contributed by atoms with Crippen LogP contribution in [-0.4, -0.2) is 21.4 Å². The Labute approximate surface area is 124 Å². The van der Waals surface area contributed by atoms with E-state index >= 15 is 0 Å². The van der Waals surface area contributed by atoms with E-state index in [9.17, 15) is 10.1 Å². The molecule has 0 unspecified atom stereocenters. The van der Waals surface area contributed by atoms with Crippen molar-refractivity contribution in [3.63, 3.8) is 0 Å². The molecule has 0 aliphatic rings. The zero-order chi connectivity index (χ0) is 14.4. The number of H-pyrrole nitrogens is 1. The van der Waals surface area contributed by atoms with Crippen molar-refractivity contribution in [1.29, 1.82) is 0 Å². The van der Waals surface area contributed by atoms with Crippen LogP contribution in [0.25, 0.3) is 0 Å². The topological polar surface area (TPSA) is 83.8 Å². The lowest BCUT2D eigenvalue weighted by molar-refractivity contribution is -0.385. The quantitative estimate of drug-likeness (QED) is 0.462. The number of aromatic amines is 1. The molecule has 0 aliphatic heterocycles. The molecule has 2 aromatic rings. The highest BCUT2D eigenvalue weighted by Gasteiger charge is 2.11. The summed E-state index contributed by atoms with van der Waals surface area (Å²) in [5.41, 5.74) is 0.998. The molecule has 106 valence electrons. The maximum Gasteiger partial charge on any atom is 0.283 e. The summed E-state index contributed by atoms with van der Waals surface area (Å²) in [7, 11) is 0. The molecular formula is C13H15BrN4O2. The second kappa shape index (κ2) is 7.16. The highest BCUT2D eigenvalue weighted by Crippen LogP contribution is 2.25. The van der Waals surface area contributed by atoms with Gasteiger partial charge in [-0.2, -0.15) is 0 Å². The fourth-order valence-corrected chi connectivity index (χ4v) is 2.25. The van der Waals surface area contributed by atoms with Crippen LogP contribution in [0.1, 0.15) is 17.8 Å². The van der Waals surface area contributed by atoms with Crippen LogP contribution < -0.4 is 5.32 Å². The van der Waals surface area contributed by atoms with E-state index in [0.717, 1.165) is 30.8 Å². The predicted octanol–water partition coefficient (Wildman–Crippen LogP) is 2.80. The third-order valence-electron chi connectivity index (χ3n) is 2.86. The van der Waals surface area contributed by atoms with Crippen LogP contribution in [-0.2, 0) is 13.0 Å². The van der Waals surface area contributed by atoms with Crippen LogP contribution in [0, 0.1) is 10.1 Å². The Morgan fingerprint density at radius 1 is 1.45 bits per heavy atom. The van der Waals surface area contributed by atoms with Crippen molar-refractivity contribution in [3.8, 4) is 0 Å². The Kier molecular flexibility index (Phi) is 5.25. The molecule has 6 nitrogen and oxygen atoms in total. The molecule has 0 aliphatic carbocycles. The lowest BCUT2D eigenvalue weighted by atomic mass is 10.2. The first-order valence-electron chi connectivity index (χ1n) is 6.28. The fraction of sp³-hybridized carbons (Fsp3) is 0.308. The highest BCUT2D eigenvalue weighted by atomic mass is 79.9. The zero-order valence-corrected chi connectivity index (χ0v) is 12.4. The van der Waals surface area contributed by atoms with E-state index in [-0.39, 0.29) is 10.6 Å². The Balaban J connectivity index is 1.76. The normalized spacial score (nSPS) is 10.7. The Hall–Kier alpha value is -1.73. The van der Waals surface area contributed by atoms with E-state index in [2.05, 4.69) is 31.2 Å². The lowest BCUT2D eigenvalue weighted by Gasteiger charge is -2.05. The van der Waals surface area contributed by atoms with Crippen molar-refractivity contribution in [2.24, 2.45) is 0 Å². The minimum atomic E-state index is -0.384. The molecule has 0 saturated carbocycles. The monoisotopic (exact) mass is 338 g/mol. The molecule has 0 saturated heterocycles. The number of nitro groups is 1. The molecule has 1 heterocycles. The summed E-state index contributed by atoms with van der Waals surface area (Å²) in [5, 5.41) is 14.1. The summed E-state index contributed by atoms with van der Waals surface area (Å²) in [6, 6.07) is 5.16. The standard InChI is InChI=1S/C13H15BrN4O2/c14-11-4-3-10(8-12(11)18(19)20)9-15-5-1-2-13-16-6-7-17-13/h3-4,6-8,15H,1-2,5,9H2,(H,16,17). The third-order valence-corrected chi connectivity index (χ3v) is 3.53. The van der Waals surface area contributed by atoms with Gasteiger partial charge < -0.3 is 10.3 Å². The molecular weight excluding hydrogens is 324 g/mol. The molecule has 0 fully saturated rings. The van der Waals surface area contributed by atoms with E-state index in [4.69, 9.17) is 0 Å². The number of hydrogen-bond acceptors (Lipinski definition) is 4. The van der Waals surface area contributed by atoms with Crippen LogP contribution in [0.4, 0.5) is 5.69 Å². The summed E-state index contributed by atoms with van der Waals surface area (Å²) in [6.07, 6.45) is 5.40. The third kappa shape index (κ3) is 4.14. The number of imidazole rings is 1. The van der Waals surface area contributed by atoms with Gasteiger partial charge in [0.1, 0.15) is 5.82 Å². The summed E-state index contributed by atoms with van der Waals surface area (Å²) in [4.78, 5) is 17.6. The van der Waals surface area contributed by atoms with Crippen molar-refractivity contribution in [3.05, 3.63) is 56.6 Å². The van der Waals surface area contributed by atoms with E-state index in [1.54, 1.807) is 18.3 Å². The largest absolute Gasteiger partial charge is 0.349 e. The molecule has 0 radical (unpaired) electrons. The van der Waals surface area contributed by atoms with Crippen molar-refractivity contribution in [2.45, 2.75) is 19.4 Å². The summed E-state index contributed by atoms with van der Waals surface area (Å²) in [6.45, 7) is 1.46. The second-order valence-corrected chi connectivity index (χ2v) is 5.21. The number of aryl methyl sites for hydroxylation is 1. The molecule has 7 heteroatoms. The lowest BCUT2D eigenvalue weighted by Crippen LogP contribution is -2.15. The maximum atomic E-state index is 10.8. The van der Waals surface area contributed by atoms with Gasteiger partial charge in [0.2, 0.25) is 0 Å². The van der Waals surface area contributed by atoms with E-state index < -0.39 is 0 Å². The summed E-state index contributed by atoms with van der Waals surface area (Å²) < 4.78 is 0.504. The van der Waals surface area contributed by atoms with Gasteiger partial charge in [-0.05, 0) is 40.5 Å². The number of aromatic nitrogens is 2. The average Bonchev–Trinajstić information content (AvgIpc) is 2.93. The number of nitrogens with one attached hydrogen (secondary N) is 2. The minimum Gasteiger partial charge on any atom is -0.349 e. The second-order valence-electron chi connectivity index (χ2n) is 4.36. The smallest absolute Gasteiger partial charge is 0.283 e. The number of nitro benzene ring substituents is 1. The van der Waals surface area contributed by atoms with Crippen LogP contribution in [0.2, 0.25) is 0 Å². The van der Waals surface area contributed by atoms with Crippen LogP contribution in [0.15, 0.2) is 35.1 Å². The Bertz CT molecular complexity index is 572. The van der Waals surface area contributed by atoms with E-state index in [0.29, 0.717) is 11.0 Å². The predicted molar refractivity (Wildman–Crippen MR) is 79.4 cm³/mol. The maximum absolute atomic E-state index is 10.8. The highest BCUT2D eigenvalue weighted by molar-refractivity contribution is 9.10. The molecule has 2 rings (SSSR count). The molecule has 20 heavy (non-hydrogen) atoms. The Morgan fingerprint density at radius 2 is 2.30 bits per heavy atom. The fourth-order valence-electron chi connectivity index (χ4n) is 1.86. The molecule has 2 N–H and O–H groups in total. The van der Waals surface area contributed by atoms with E-state index in [1.165, 1.54) is 0 Å². The Morgan fingerprint density at radius 3 is 3.00 bits per heavy atom. The van der Waals surface area contributed by atoms with Crippen LogP contribution >= 0.6 is 15.9 Å². The molecule has 0 atom stereocenters. The molecule has 0 amide bonds. The first-order chi connectivity index (χ1) is 9.66. The van der Waals surface area contributed by atoms with Crippen molar-refractivity contribution in [1.82, 2.24) is 15.3 Å². The van der Waals surface area contributed by atoms with Crippen molar-refractivity contribution in [2.75, 3.05) is 6.54 Å². The SMILES string of the molecule is O=[N+]([O-])c1cc(CNCCCc2ncc[nH]2)ccc1Br. The summed E-state index contributed by atoms with van der Waals surface area (Å²) in [5.74, 6) is 0.978. The van der Waals surface area contributed by atoms with Gasteiger partial charge in [-0.1, -0.05) is 6.07 Å². The van der Waals surface area contributed by atoms with Gasteiger partial charge in [0.15, 0.2) is 0 Å². The number of benzene rings is 1. The van der Waals surface area contributed by atoms with Gasteiger partial charge in [0.25, 0.3) is 5.69 Å². The number of nitrogens with zero attached hydrogens (tertiary/aromatic N) is 2. The first kappa shape index (κ1) is 14.7. The number of hydrogen-bond donors (Lipinski definition) is 2. The van der Waals surface area contributed by atoms with Crippen molar-refractivity contribution < 1.29 is 4.92 Å². The summed E-state index contributed by atoms with van der Waals surface area (Å²) >= 11 is 3.17. The van der Waals surface area contributed by atoms with Crippen LogP contribution in [0.5, 0.6) is 0 Å². The van der Waals surface area contributed by atoms with Gasteiger partial charge in [0.05, 0.1) is 9.40 Å².